The van der Waals surface area contributed by atoms with Crippen molar-refractivity contribution in [1.29, 1.82) is 0 Å². The normalized spacial score (nSPS) is 11.5. The molecule has 2 aromatic rings. The van der Waals surface area contributed by atoms with Crippen molar-refractivity contribution in [2.75, 3.05) is 6.26 Å². The minimum Gasteiger partial charge on any atom is -0.312 e. The lowest BCUT2D eigenvalue weighted by Gasteiger charge is -2.03. The maximum absolute atomic E-state index is 11.4. The quantitative estimate of drug-likeness (QED) is 0.620. The Bertz CT molecular complexity index is 754. The molecule has 0 aliphatic heterocycles. The Morgan fingerprint density at radius 3 is 2.47 bits per heavy atom. The van der Waals surface area contributed by atoms with Crippen LogP contribution in [0, 0.1) is 3.57 Å². The molecule has 19 heavy (non-hydrogen) atoms. The molecule has 0 aliphatic rings. The van der Waals surface area contributed by atoms with Gasteiger partial charge in [-0.1, -0.05) is 11.8 Å². The molecule has 1 aromatic heterocycles. The van der Waals surface area contributed by atoms with Crippen LogP contribution < -0.4 is 5.56 Å². The Labute approximate surface area is 127 Å². The number of hydrogen-bond acceptors (Lipinski definition) is 5. The molecular formula is C11H9IN2O3S2. The number of halogens is 1. The summed E-state index contributed by atoms with van der Waals surface area (Å²) < 4.78 is 23.2. The van der Waals surface area contributed by atoms with Gasteiger partial charge in [-0.3, -0.25) is 4.79 Å². The topological polar surface area (TPSA) is 79.9 Å². The SMILES string of the molecule is CS(=O)(=O)c1ccc(Sc2nc[nH]c(=O)c2I)cc1. The van der Waals surface area contributed by atoms with Crippen molar-refractivity contribution in [2.24, 2.45) is 0 Å². The van der Waals surface area contributed by atoms with Gasteiger partial charge >= 0.3 is 0 Å². The molecule has 0 bridgehead atoms. The summed E-state index contributed by atoms with van der Waals surface area (Å²) in [5.74, 6) is 0. The molecule has 0 atom stereocenters. The molecular weight excluding hydrogens is 399 g/mol. The van der Waals surface area contributed by atoms with Gasteiger partial charge in [-0.2, -0.15) is 0 Å². The molecule has 0 unspecified atom stereocenters. The van der Waals surface area contributed by atoms with Crippen molar-refractivity contribution < 1.29 is 8.42 Å². The Morgan fingerprint density at radius 2 is 1.89 bits per heavy atom. The van der Waals surface area contributed by atoms with E-state index < -0.39 is 9.84 Å². The Hall–Kier alpha value is -0.870. The second kappa shape index (κ2) is 5.63. The summed E-state index contributed by atoms with van der Waals surface area (Å²) in [7, 11) is -3.19. The third kappa shape index (κ3) is 3.57. The zero-order valence-electron chi connectivity index (χ0n) is 9.75. The lowest BCUT2D eigenvalue weighted by Crippen LogP contribution is -2.10. The van der Waals surface area contributed by atoms with Crippen molar-refractivity contribution >= 4 is 44.2 Å². The Balaban J connectivity index is 2.30. The fourth-order valence-corrected chi connectivity index (χ4v) is 3.34. The molecule has 1 N–H and O–H groups in total. The predicted molar refractivity (Wildman–Crippen MR) is 81.2 cm³/mol. The van der Waals surface area contributed by atoms with Gasteiger partial charge < -0.3 is 4.98 Å². The van der Waals surface area contributed by atoms with E-state index in [4.69, 9.17) is 0 Å². The number of H-pyrrole nitrogens is 1. The maximum atomic E-state index is 11.4. The second-order valence-corrected chi connectivity index (χ2v) is 7.85. The molecule has 1 aromatic carbocycles. The monoisotopic (exact) mass is 408 g/mol. The highest BCUT2D eigenvalue weighted by Crippen LogP contribution is 2.28. The van der Waals surface area contributed by atoms with Crippen LogP contribution in [0.2, 0.25) is 0 Å². The zero-order valence-corrected chi connectivity index (χ0v) is 13.5. The number of aromatic nitrogens is 2. The molecule has 2 rings (SSSR count). The number of benzene rings is 1. The summed E-state index contributed by atoms with van der Waals surface area (Å²) in [4.78, 5) is 19.1. The van der Waals surface area contributed by atoms with Crippen LogP contribution in [-0.2, 0) is 9.84 Å². The lowest BCUT2D eigenvalue weighted by atomic mass is 10.4. The first-order valence-corrected chi connectivity index (χ1v) is 8.88. The molecule has 0 spiro atoms. The van der Waals surface area contributed by atoms with E-state index in [2.05, 4.69) is 9.97 Å². The smallest absolute Gasteiger partial charge is 0.265 e. The molecule has 0 amide bonds. The van der Waals surface area contributed by atoms with Crippen LogP contribution in [-0.4, -0.2) is 24.6 Å². The summed E-state index contributed by atoms with van der Waals surface area (Å²) in [6, 6.07) is 6.47. The van der Waals surface area contributed by atoms with E-state index in [0.29, 0.717) is 8.60 Å². The first-order valence-electron chi connectivity index (χ1n) is 5.09. The van der Waals surface area contributed by atoms with Crippen LogP contribution in [0.15, 0.2) is 50.2 Å². The van der Waals surface area contributed by atoms with Gasteiger partial charge in [0.1, 0.15) is 8.60 Å². The van der Waals surface area contributed by atoms with Crippen LogP contribution >= 0.6 is 34.4 Å². The first kappa shape index (κ1) is 14.5. The lowest BCUT2D eigenvalue weighted by molar-refractivity contribution is 0.602. The van der Waals surface area contributed by atoms with Crippen molar-refractivity contribution in [1.82, 2.24) is 9.97 Å². The largest absolute Gasteiger partial charge is 0.312 e. The van der Waals surface area contributed by atoms with Crippen molar-refractivity contribution in [3.05, 3.63) is 44.5 Å². The molecule has 100 valence electrons. The Morgan fingerprint density at radius 1 is 1.26 bits per heavy atom. The third-order valence-electron chi connectivity index (χ3n) is 2.23. The first-order chi connectivity index (χ1) is 8.88. The van der Waals surface area contributed by atoms with Gasteiger partial charge in [0.15, 0.2) is 9.84 Å². The molecule has 0 aliphatic carbocycles. The highest BCUT2D eigenvalue weighted by molar-refractivity contribution is 14.1. The van der Waals surface area contributed by atoms with Crippen LogP contribution in [0.1, 0.15) is 0 Å². The van der Waals surface area contributed by atoms with Gasteiger partial charge in [0, 0.05) is 11.2 Å². The van der Waals surface area contributed by atoms with Gasteiger partial charge in [0.05, 0.1) is 11.2 Å². The highest BCUT2D eigenvalue weighted by atomic mass is 127. The van der Waals surface area contributed by atoms with Crippen molar-refractivity contribution in [3.63, 3.8) is 0 Å². The summed E-state index contributed by atoms with van der Waals surface area (Å²) in [5, 5.41) is 0.594. The fraction of sp³-hybridized carbons (Fsp3) is 0.0909. The standard InChI is InChI=1S/C11H9IN2O3S2/c1-19(16,17)8-4-2-7(3-5-8)18-11-9(12)10(15)13-6-14-11/h2-6H,1H3,(H,13,14,15). The van der Waals surface area contributed by atoms with E-state index in [1.165, 1.54) is 30.2 Å². The fourth-order valence-electron chi connectivity index (χ4n) is 1.30. The predicted octanol–water partition coefficient (Wildman–Crippen LogP) is 1.93. The number of aromatic amines is 1. The second-order valence-electron chi connectivity index (χ2n) is 3.70. The van der Waals surface area contributed by atoms with Gasteiger partial charge in [0.25, 0.3) is 5.56 Å². The minimum absolute atomic E-state index is 0.189. The number of rotatable bonds is 3. The van der Waals surface area contributed by atoms with E-state index in [9.17, 15) is 13.2 Å². The van der Waals surface area contributed by atoms with Crippen LogP contribution in [0.3, 0.4) is 0 Å². The van der Waals surface area contributed by atoms with Gasteiger partial charge in [0.2, 0.25) is 0 Å². The third-order valence-corrected chi connectivity index (χ3v) is 5.74. The minimum atomic E-state index is -3.19. The van der Waals surface area contributed by atoms with Crippen LogP contribution in [0.25, 0.3) is 0 Å². The van der Waals surface area contributed by atoms with Crippen LogP contribution in [0.4, 0.5) is 0 Å². The average molecular weight is 408 g/mol. The van der Waals surface area contributed by atoms with Crippen molar-refractivity contribution in [3.8, 4) is 0 Å². The van der Waals surface area contributed by atoms with E-state index in [-0.39, 0.29) is 10.5 Å². The average Bonchev–Trinajstić information content (AvgIpc) is 2.35. The number of nitrogens with zero attached hydrogens (tertiary/aromatic N) is 1. The van der Waals surface area contributed by atoms with Gasteiger partial charge in [-0.15, -0.1) is 0 Å². The molecule has 0 saturated carbocycles. The van der Waals surface area contributed by atoms with E-state index in [0.717, 1.165) is 11.2 Å². The van der Waals surface area contributed by atoms with Crippen molar-refractivity contribution in [2.45, 2.75) is 14.8 Å². The highest BCUT2D eigenvalue weighted by Gasteiger charge is 2.09. The van der Waals surface area contributed by atoms with E-state index in [1.54, 1.807) is 12.1 Å². The molecule has 8 heteroatoms. The van der Waals surface area contributed by atoms with Gasteiger partial charge in [-0.05, 0) is 46.9 Å². The molecule has 1 heterocycles. The van der Waals surface area contributed by atoms with E-state index >= 15 is 0 Å². The van der Waals surface area contributed by atoms with Gasteiger partial charge in [-0.25, -0.2) is 13.4 Å². The maximum Gasteiger partial charge on any atom is 0.265 e. The summed E-state index contributed by atoms with van der Waals surface area (Å²) in [6.45, 7) is 0. The summed E-state index contributed by atoms with van der Waals surface area (Å²) >= 11 is 3.24. The number of hydrogen-bond donors (Lipinski definition) is 1. The van der Waals surface area contributed by atoms with Crippen LogP contribution in [0.5, 0.6) is 0 Å². The number of sulfone groups is 1. The summed E-state index contributed by atoms with van der Waals surface area (Å²) in [5.41, 5.74) is -0.189. The summed E-state index contributed by atoms with van der Waals surface area (Å²) in [6.07, 6.45) is 2.51. The number of nitrogens with one attached hydrogen (secondary N) is 1. The molecule has 5 nitrogen and oxygen atoms in total. The molecule has 0 saturated heterocycles. The molecule has 0 radical (unpaired) electrons. The zero-order chi connectivity index (χ0) is 14.0. The Kier molecular flexibility index (Phi) is 4.31. The van der Waals surface area contributed by atoms with E-state index in [1.807, 2.05) is 22.6 Å². The molecule has 0 fully saturated rings.